The molecule has 0 spiro atoms. The topological polar surface area (TPSA) is 69.9 Å². The fourth-order valence-electron chi connectivity index (χ4n) is 9.96. The van der Waals surface area contributed by atoms with E-state index in [9.17, 15) is 0 Å². The average molecular weight is 831 g/mol. The van der Waals surface area contributed by atoms with Crippen LogP contribution in [-0.2, 0) is 0 Å². The third-order valence-corrected chi connectivity index (χ3v) is 13.0. The van der Waals surface area contributed by atoms with Crippen molar-refractivity contribution in [1.82, 2.24) is 19.5 Å². The Morgan fingerprint density at radius 3 is 1.68 bits per heavy atom. The summed E-state index contributed by atoms with van der Waals surface area (Å²) in [7, 11) is 0. The van der Waals surface area contributed by atoms with Gasteiger partial charge in [0, 0.05) is 55.1 Å². The van der Waals surface area contributed by atoms with Crippen LogP contribution in [0.2, 0.25) is 0 Å². The number of hydrogen-bond acceptors (Lipinski definition) is 5. The van der Waals surface area contributed by atoms with Crippen molar-refractivity contribution >= 4 is 87.2 Å². The molecule has 0 amide bonds. The molecule has 0 aliphatic rings. The van der Waals surface area contributed by atoms with Crippen LogP contribution in [0.1, 0.15) is 0 Å². The molecule has 0 saturated carbocycles. The quantitative estimate of drug-likeness (QED) is 0.173. The van der Waals surface area contributed by atoms with Crippen LogP contribution >= 0.6 is 0 Å². The predicted octanol–water partition coefficient (Wildman–Crippen LogP) is 15.7. The van der Waals surface area contributed by atoms with Crippen molar-refractivity contribution < 1.29 is 8.83 Å². The lowest BCUT2D eigenvalue weighted by Crippen LogP contribution is -2.02. The molecule has 65 heavy (non-hydrogen) atoms. The molecule has 0 fully saturated rings. The van der Waals surface area contributed by atoms with Crippen LogP contribution in [0.15, 0.2) is 215 Å². The molecule has 14 rings (SSSR count). The highest BCUT2D eigenvalue weighted by atomic mass is 16.3. The average Bonchev–Trinajstić information content (AvgIpc) is 4.03. The summed E-state index contributed by atoms with van der Waals surface area (Å²) in [6.45, 7) is 0. The first-order valence-electron chi connectivity index (χ1n) is 21.8. The van der Waals surface area contributed by atoms with E-state index in [1.165, 1.54) is 21.5 Å². The molecule has 0 bridgehead atoms. The van der Waals surface area contributed by atoms with Crippen LogP contribution in [0.3, 0.4) is 0 Å². The van der Waals surface area contributed by atoms with Crippen molar-refractivity contribution in [3.63, 3.8) is 0 Å². The Morgan fingerprint density at radius 1 is 0.308 bits per heavy atom. The largest absolute Gasteiger partial charge is 0.456 e. The molecule has 4 heterocycles. The Hall–Kier alpha value is -8.87. The first kappa shape index (κ1) is 35.7. The van der Waals surface area contributed by atoms with Crippen LogP contribution in [0.25, 0.3) is 138 Å². The third-order valence-electron chi connectivity index (χ3n) is 13.0. The Balaban J connectivity index is 1.09. The Morgan fingerprint density at radius 2 is 0.877 bits per heavy atom. The summed E-state index contributed by atoms with van der Waals surface area (Å²) in [4.78, 5) is 16.2. The number of benzene rings is 10. The summed E-state index contributed by atoms with van der Waals surface area (Å²) in [6, 6.07) is 72.2. The van der Waals surface area contributed by atoms with Crippen LogP contribution in [0, 0.1) is 0 Å². The molecule has 302 valence electrons. The second-order valence-corrected chi connectivity index (χ2v) is 16.8. The van der Waals surface area contributed by atoms with Gasteiger partial charge in [-0.15, -0.1) is 0 Å². The van der Waals surface area contributed by atoms with E-state index in [-0.39, 0.29) is 0 Å². The molecule has 0 unspecified atom stereocenters. The lowest BCUT2D eigenvalue weighted by molar-refractivity contribution is 0.668. The maximum absolute atomic E-state index is 6.94. The van der Waals surface area contributed by atoms with Crippen molar-refractivity contribution in [2.75, 3.05) is 0 Å². The van der Waals surface area contributed by atoms with Gasteiger partial charge in [-0.05, 0) is 81.2 Å². The number of furan rings is 2. The van der Waals surface area contributed by atoms with E-state index in [0.717, 1.165) is 99.2 Å². The highest BCUT2D eigenvalue weighted by Gasteiger charge is 2.23. The monoisotopic (exact) mass is 830 g/mol. The number of fused-ring (bicyclic) bond motifs is 11. The SMILES string of the molecule is c1ccc(-c2ccc(-c3nc(-c4cccc5oc6ccccc6c45)nc(-c4cc(-n5c6ccccc6c6cc7ccccc7cc65)cc5oc6cc7ccccc7cc6c45)n3)cc2)cc1. The number of aromatic nitrogens is 4. The van der Waals surface area contributed by atoms with Gasteiger partial charge in [0.1, 0.15) is 22.3 Å². The number of hydrogen-bond donors (Lipinski definition) is 0. The zero-order valence-corrected chi connectivity index (χ0v) is 34.7. The third kappa shape index (κ3) is 5.57. The fourth-order valence-corrected chi connectivity index (χ4v) is 9.96. The summed E-state index contributed by atoms with van der Waals surface area (Å²) >= 11 is 0. The standard InChI is InChI=1S/C59H34N4O2/c1-2-13-35(14-3-1)36-25-27-37(28-26-36)57-60-58(45-21-12-24-52-55(45)44-20-9-11-23-51(44)64-52)62-59(61-57)48-33-42(34-54-56(48)47-30-39-16-5-7-18-41(39)32-53(47)65-54)63-49-22-10-8-19-43(49)46-29-38-15-4-6-17-40(38)31-50(46)63/h1-34H. The Labute approximate surface area is 371 Å². The van der Waals surface area contributed by atoms with Gasteiger partial charge in [0.25, 0.3) is 0 Å². The van der Waals surface area contributed by atoms with E-state index >= 15 is 0 Å². The zero-order chi connectivity index (χ0) is 42.6. The lowest BCUT2D eigenvalue weighted by atomic mass is 10.0. The van der Waals surface area contributed by atoms with Crippen LogP contribution < -0.4 is 0 Å². The molecule has 6 heteroatoms. The van der Waals surface area contributed by atoms with Crippen molar-refractivity contribution in [3.05, 3.63) is 206 Å². The van der Waals surface area contributed by atoms with Gasteiger partial charge in [-0.25, -0.2) is 15.0 Å². The minimum Gasteiger partial charge on any atom is -0.456 e. The molecule has 0 N–H and O–H groups in total. The molecule has 14 aromatic rings. The van der Waals surface area contributed by atoms with Gasteiger partial charge in [0.2, 0.25) is 0 Å². The fraction of sp³-hybridized carbons (Fsp3) is 0. The number of rotatable bonds is 5. The lowest BCUT2D eigenvalue weighted by Gasteiger charge is -2.13. The van der Waals surface area contributed by atoms with E-state index in [1.54, 1.807) is 0 Å². The molecule has 0 aliphatic carbocycles. The van der Waals surface area contributed by atoms with Crippen molar-refractivity contribution in [2.45, 2.75) is 0 Å². The molecule has 0 aliphatic heterocycles. The summed E-state index contributed by atoms with van der Waals surface area (Å²) in [6.07, 6.45) is 0. The predicted molar refractivity (Wildman–Crippen MR) is 265 cm³/mol. The second-order valence-electron chi connectivity index (χ2n) is 16.8. The van der Waals surface area contributed by atoms with Gasteiger partial charge in [-0.2, -0.15) is 0 Å². The smallest absolute Gasteiger partial charge is 0.164 e. The van der Waals surface area contributed by atoms with Crippen molar-refractivity contribution in [3.8, 4) is 51.0 Å². The van der Waals surface area contributed by atoms with Gasteiger partial charge < -0.3 is 13.4 Å². The van der Waals surface area contributed by atoms with E-state index in [4.69, 9.17) is 23.8 Å². The van der Waals surface area contributed by atoms with Gasteiger partial charge >= 0.3 is 0 Å². The second kappa shape index (κ2) is 13.8. The zero-order valence-electron chi connectivity index (χ0n) is 34.7. The van der Waals surface area contributed by atoms with E-state index in [2.05, 4.69) is 174 Å². The molecule has 4 aromatic heterocycles. The highest BCUT2D eigenvalue weighted by Crippen LogP contribution is 2.43. The normalized spacial score (nSPS) is 12.0. The Kier molecular flexibility index (Phi) is 7.59. The van der Waals surface area contributed by atoms with Gasteiger partial charge in [-0.3, -0.25) is 0 Å². The summed E-state index contributed by atoms with van der Waals surface area (Å²) in [5.74, 6) is 1.65. The molecular weight excluding hydrogens is 797 g/mol. The molecule has 10 aromatic carbocycles. The van der Waals surface area contributed by atoms with Crippen LogP contribution in [0.5, 0.6) is 0 Å². The summed E-state index contributed by atoms with van der Waals surface area (Å²) in [5, 5.41) is 10.9. The van der Waals surface area contributed by atoms with E-state index < -0.39 is 0 Å². The first-order chi connectivity index (χ1) is 32.2. The van der Waals surface area contributed by atoms with Crippen molar-refractivity contribution in [2.24, 2.45) is 0 Å². The van der Waals surface area contributed by atoms with Gasteiger partial charge in [0.05, 0.1) is 16.7 Å². The van der Waals surface area contributed by atoms with Crippen LogP contribution in [0.4, 0.5) is 0 Å². The first-order valence-corrected chi connectivity index (χ1v) is 21.8. The Bertz CT molecular complexity index is 4240. The van der Waals surface area contributed by atoms with E-state index in [1.807, 2.05) is 36.4 Å². The number of nitrogens with zero attached hydrogens (tertiary/aromatic N) is 4. The molecule has 0 radical (unpaired) electrons. The minimum absolute atomic E-state index is 0.538. The summed E-state index contributed by atoms with van der Waals surface area (Å²) in [5.41, 5.74) is 11.1. The van der Waals surface area contributed by atoms with Gasteiger partial charge in [0.15, 0.2) is 17.5 Å². The maximum atomic E-state index is 6.94. The molecule has 0 atom stereocenters. The summed E-state index contributed by atoms with van der Waals surface area (Å²) < 4.78 is 15.7. The maximum Gasteiger partial charge on any atom is 0.164 e. The number of para-hydroxylation sites is 2. The van der Waals surface area contributed by atoms with Crippen LogP contribution in [-0.4, -0.2) is 19.5 Å². The highest BCUT2D eigenvalue weighted by molar-refractivity contribution is 6.18. The molecule has 0 saturated heterocycles. The molecular formula is C59H34N4O2. The minimum atomic E-state index is 0.538. The molecule has 6 nitrogen and oxygen atoms in total. The van der Waals surface area contributed by atoms with Gasteiger partial charge in [-0.1, -0.05) is 152 Å². The van der Waals surface area contributed by atoms with Crippen molar-refractivity contribution in [1.29, 1.82) is 0 Å². The van der Waals surface area contributed by atoms with E-state index in [0.29, 0.717) is 17.5 Å².